The average molecular weight is 541 g/mol. The standard InChI is InChI=1S/C30H28N4O4S/c1-21-11-16-24(39(36,37)33-27-8-4-6-10-29(27)38-2)17-25(21)30(35)31-18-22-12-14-23(15-13-22)19-34-20-32-26-7-3-5-9-28(26)34/h3-17,20,33H,18-19H2,1-2H3,(H,31,35). The van der Waals surface area contributed by atoms with Crippen molar-refractivity contribution in [2.75, 3.05) is 11.8 Å². The fourth-order valence-electron chi connectivity index (χ4n) is 4.32. The lowest BCUT2D eigenvalue weighted by molar-refractivity contribution is 0.0950. The summed E-state index contributed by atoms with van der Waals surface area (Å²) in [5, 5.41) is 2.90. The van der Waals surface area contributed by atoms with E-state index in [-0.39, 0.29) is 10.8 Å². The highest BCUT2D eigenvalue weighted by Gasteiger charge is 2.19. The van der Waals surface area contributed by atoms with Crippen molar-refractivity contribution in [3.8, 4) is 5.75 Å². The first kappa shape index (κ1) is 26.0. The van der Waals surface area contributed by atoms with Gasteiger partial charge in [0.2, 0.25) is 0 Å². The van der Waals surface area contributed by atoms with Crippen LogP contribution in [0.2, 0.25) is 0 Å². The number of sulfonamides is 1. The summed E-state index contributed by atoms with van der Waals surface area (Å²) in [5.74, 6) is 0.0475. The Hall–Kier alpha value is -4.63. The summed E-state index contributed by atoms with van der Waals surface area (Å²) in [6, 6.07) is 27.2. The second kappa shape index (κ2) is 11.0. The van der Waals surface area contributed by atoms with Gasteiger partial charge in [-0.05, 0) is 60.0 Å². The van der Waals surface area contributed by atoms with Crippen LogP contribution in [0.1, 0.15) is 27.0 Å². The van der Waals surface area contributed by atoms with Gasteiger partial charge in [0.15, 0.2) is 0 Å². The molecule has 5 rings (SSSR count). The van der Waals surface area contributed by atoms with Crippen LogP contribution < -0.4 is 14.8 Å². The molecule has 198 valence electrons. The van der Waals surface area contributed by atoms with Crippen LogP contribution in [0, 0.1) is 6.92 Å². The number of fused-ring (bicyclic) bond motifs is 1. The number of aryl methyl sites for hydroxylation is 1. The Morgan fingerprint density at radius 3 is 2.44 bits per heavy atom. The lowest BCUT2D eigenvalue weighted by atomic mass is 10.1. The van der Waals surface area contributed by atoms with E-state index in [0.29, 0.717) is 35.7 Å². The normalized spacial score (nSPS) is 11.3. The quantitative estimate of drug-likeness (QED) is 0.270. The van der Waals surface area contributed by atoms with Crippen LogP contribution in [0.3, 0.4) is 0 Å². The molecule has 0 radical (unpaired) electrons. The molecule has 0 fully saturated rings. The van der Waals surface area contributed by atoms with Gasteiger partial charge in [0.05, 0.1) is 35.1 Å². The Morgan fingerprint density at radius 1 is 0.923 bits per heavy atom. The van der Waals surface area contributed by atoms with Gasteiger partial charge in [0.1, 0.15) is 5.75 Å². The molecular formula is C30H28N4O4S. The Labute approximate surface area is 227 Å². The Morgan fingerprint density at radius 2 is 1.64 bits per heavy atom. The summed E-state index contributed by atoms with van der Waals surface area (Å²) in [7, 11) is -2.47. The molecule has 4 aromatic carbocycles. The smallest absolute Gasteiger partial charge is 0.262 e. The van der Waals surface area contributed by atoms with Gasteiger partial charge in [-0.3, -0.25) is 9.52 Å². The number of rotatable bonds is 9. The second-order valence-corrected chi connectivity index (χ2v) is 10.8. The zero-order valence-corrected chi connectivity index (χ0v) is 22.4. The highest BCUT2D eigenvalue weighted by Crippen LogP contribution is 2.27. The third-order valence-electron chi connectivity index (χ3n) is 6.47. The summed E-state index contributed by atoms with van der Waals surface area (Å²) in [6.07, 6.45) is 1.83. The number of hydrogen-bond acceptors (Lipinski definition) is 5. The number of imidazole rings is 1. The lowest BCUT2D eigenvalue weighted by Gasteiger charge is -2.13. The first-order valence-corrected chi connectivity index (χ1v) is 13.8. The highest BCUT2D eigenvalue weighted by molar-refractivity contribution is 7.92. The number of anilines is 1. The summed E-state index contributed by atoms with van der Waals surface area (Å²) in [5.41, 5.74) is 5.36. The van der Waals surface area contributed by atoms with Gasteiger partial charge in [0.25, 0.3) is 15.9 Å². The molecule has 0 bridgehead atoms. The predicted octanol–water partition coefficient (Wildman–Crippen LogP) is 5.13. The number of nitrogens with zero attached hydrogens (tertiary/aromatic N) is 2. The number of para-hydroxylation sites is 4. The van der Waals surface area contributed by atoms with Crippen molar-refractivity contribution in [2.24, 2.45) is 0 Å². The van der Waals surface area contributed by atoms with E-state index < -0.39 is 10.0 Å². The number of nitrogens with one attached hydrogen (secondary N) is 2. The summed E-state index contributed by atoms with van der Waals surface area (Å²) >= 11 is 0. The zero-order valence-electron chi connectivity index (χ0n) is 21.6. The number of amides is 1. The second-order valence-electron chi connectivity index (χ2n) is 9.14. The lowest BCUT2D eigenvalue weighted by Crippen LogP contribution is -2.24. The van der Waals surface area contributed by atoms with Gasteiger partial charge in [-0.2, -0.15) is 0 Å². The number of carbonyl (C=O) groups excluding carboxylic acids is 1. The molecule has 1 heterocycles. The van der Waals surface area contributed by atoms with E-state index in [9.17, 15) is 13.2 Å². The monoisotopic (exact) mass is 540 g/mol. The molecule has 2 N–H and O–H groups in total. The van der Waals surface area contributed by atoms with E-state index in [1.54, 1.807) is 37.3 Å². The summed E-state index contributed by atoms with van der Waals surface area (Å²) in [6.45, 7) is 2.77. The van der Waals surface area contributed by atoms with Crippen molar-refractivity contribution in [1.29, 1.82) is 0 Å². The molecule has 1 aromatic heterocycles. The molecule has 0 saturated heterocycles. The molecule has 5 aromatic rings. The Kier molecular flexibility index (Phi) is 7.33. The summed E-state index contributed by atoms with van der Waals surface area (Å²) in [4.78, 5) is 17.4. The molecule has 0 aliphatic carbocycles. The number of hydrogen-bond donors (Lipinski definition) is 2. The van der Waals surface area contributed by atoms with Crippen molar-refractivity contribution in [2.45, 2.75) is 24.9 Å². The minimum atomic E-state index is -3.94. The number of benzene rings is 4. The molecule has 1 amide bonds. The van der Waals surface area contributed by atoms with Crippen molar-refractivity contribution in [3.63, 3.8) is 0 Å². The molecule has 0 aliphatic rings. The minimum absolute atomic E-state index is 0.0134. The molecule has 0 saturated carbocycles. The molecule has 0 aliphatic heterocycles. The average Bonchev–Trinajstić information content (AvgIpc) is 3.35. The van der Waals surface area contributed by atoms with E-state index in [1.165, 1.54) is 19.2 Å². The first-order chi connectivity index (χ1) is 18.8. The Balaban J connectivity index is 1.25. The number of carbonyl (C=O) groups is 1. The molecular weight excluding hydrogens is 512 g/mol. The van der Waals surface area contributed by atoms with E-state index in [2.05, 4.69) is 19.6 Å². The van der Waals surface area contributed by atoms with Crippen LogP contribution in [0.4, 0.5) is 5.69 Å². The molecule has 9 heteroatoms. The molecule has 0 atom stereocenters. The predicted molar refractivity (Wildman–Crippen MR) is 151 cm³/mol. The van der Waals surface area contributed by atoms with E-state index in [1.807, 2.05) is 54.9 Å². The van der Waals surface area contributed by atoms with Gasteiger partial charge in [-0.1, -0.05) is 54.6 Å². The number of methoxy groups -OCH3 is 1. The third kappa shape index (κ3) is 5.78. The SMILES string of the molecule is COc1ccccc1NS(=O)(=O)c1ccc(C)c(C(=O)NCc2ccc(Cn3cnc4ccccc43)cc2)c1. The topological polar surface area (TPSA) is 102 Å². The van der Waals surface area contributed by atoms with Gasteiger partial charge in [0, 0.05) is 18.7 Å². The zero-order chi connectivity index (χ0) is 27.4. The highest BCUT2D eigenvalue weighted by atomic mass is 32.2. The van der Waals surface area contributed by atoms with Crippen LogP contribution in [-0.4, -0.2) is 31.0 Å². The van der Waals surface area contributed by atoms with E-state index >= 15 is 0 Å². The van der Waals surface area contributed by atoms with Gasteiger partial charge in [-0.15, -0.1) is 0 Å². The molecule has 39 heavy (non-hydrogen) atoms. The van der Waals surface area contributed by atoms with E-state index in [0.717, 1.165) is 22.2 Å². The number of aromatic nitrogens is 2. The van der Waals surface area contributed by atoms with Crippen molar-refractivity contribution in [1.82, 2.24) is 14.9 Å². The van der Waals surface area contributed by atoms with Crippen LogP contribution in [0.5, 0.6) is 5.75 Å². The summed E-state index contributed by atoms with van der Waals surface area (Å²) < 4.78 is 36.0. The molecule has 0 unspecified atom stereocenters. The van der Waals surface area contributed by atoms with Gasteiger partial charge >= 0.3 is 0 Å². The third-order valence-corrected chi connectivity index (χ3v) is 7.83. The number of ether oxygens (including phenoxy) is 1. The molecule has 0 spiro atoms. The largest absolute Gasteiger partial charge is 0.495 e. The van der Waals surface area contributed by atoms with Crippen molar-refractivity contribution >= 4 is 32.7 Å². The fraction of sp³-hybridized carbons (Fsp3) is 0.133. The van der Waals surface area contributed by atoms with Gasteiger partial charge in [-0.25, -0.2) is 13.4 Å². The maximum Gasteiger partial charge on any atom is 0.262 e. The maximum atomic E-state index is 13.0. The van der Waals surface area contributed by atoms with Crippen LogP contribution in [0.15, 0.2) is 102 Å². The first-order valence-electron chi connectivity index (χ1n) is 12.4. The molecule has 8 nitrogen and oxygen atoms in total. The Bertz CT molecular complexity index is 1740. The van der Waals surface area contributed by atoms with Crippen molar-refractivity contribution in [3.05, 3.63) is 120 Å². The van der Waals surface area contributed by atoms with Crippen LogP contribution in [0.25, 0.3) is 11.0 Å². The van der Waals surface area contributed by atoms with Crippen molar-refractivity contribution < 1.29 is 17.9 Å². The van der Waals surface area contributed by atoms with Gasteiger partial charge < -0.3 is 14.6 Å². The van der Waals surface area contributed by atoms with E-state index in [4.69, 9.17) is 4.74 Å². The maximum absolute atomic E-state index is 13.0. The van der Waals surface area contributed by atoms with Crippen LogP contribution >= 0.6 is 0 Å². The van der Waals surface area contributed by atoms with Crippen LogP contribution in [-0.2, 0) is 23.1 Å². The minimum Gasteiger partial charge on any atom is -0.495 e. The fourth-order valence-corrected chi connectivity index (χ4v) is 5.41.